The number of carboxylic acids is 1. The van der Waals surface area contributed by atoms with Gasteiger partial charge in [0.15, 0.2) is 0 Å². The van der Waals surface area contributed by atoms with E-state index in [1.165, 1.54) is 11.3 Å². The van der Waals surface area contributed by atoms with Gasteiger partial charge < -0.3 is 10.0 Å². The summed E-state index contributed by atoms with van der Waals surface area (Å²) in [5.74, 6) is -1.45. The fraction of sp³-hybridized carbons (Fsp3) is 0.500. The van der Waals surface area contributed by atoms with Gasteiger partial charge in [0.05, 0.1) is 15.3 Å². The second-order valence-electron chi connectivity index (χ2n) is 4.57. The lowest BCUT2D eigenvalue weighted by Gasteiger charge is -2.23. The third kappa shape index (κ3) is 3.11. The summed E-state index contributed by atoms with van der Waals surface area (Å²) in [4.78, 5) is 24.9. The van der Waals surface area contributed by atoms with Crippen molar-refractivity contribution in [2.24, 2.45) is 5.92 Å². The minimum atomic E-state index is -0.861. The summed E-state index contributed by atoms with van der Waals surface area (Å²) in [6.45, 7) is 1.92. The average molecular weight is 332 g/mol. The highest BCUT2D eigenvalue weighted by Crippen LogP contribution is 2.30. The molecule has 6 heteroatoms. The van der Waals surface area contributed by atoms with Crippen LogP contribution in [0.5, 0.6) is 0 Å². The van der Waals surface area contributed by atoms with E-state index >= 15 is 0 Å². The van der Waals surface area contributed by atoms with Crippen LogP contribution in [0.25, 0.3) is 0 Å². The summed E-state index contributed by atoms with van der Waals surface area (Å²) >= 11 is 4.79. The highest BCUT2D eigenvalue weighted by Gasteiger charge is 2.35. The van der Waals surface area contributed by atoms with Crippen molar-refractivity contribution in [2.75, 3.05) is 6.54 Å². The van der Waals surface area contributed by atoms with E-state index in [0.29, 0.717) is 5.56 Å². The van der Waals surface area contributed by atoms with Gasteiger partial charge in [-0.05, 0) is 34.8 Å². The molecule has 1 aliphatic rings. The molecule has 1 amide bonds. The van der Waals surface area contributed by atoms with E-state index in [1.807, 2.05) is 0 Å². The summed E-state index contributed by atoms with van der Waals surface area (Å²) in [5.41, 5.74) is 0.636. The minimum absolute atomic E-state index is 0.0625. The van der Waals surface area contributed by atoms with Gasteiger partial charge in [-0.25, -0.2) is 0 Å². The molecule has 0 spiro atoms. The van der Waals surface area contributed by atoms with Crippen molar-refractivity contribution in [2.45, 2.75) is 25.8 Å². The zero-order valence-electron chi connectivity index (χ0n) is 9.93. The first-order chi connectivity index (χ1) is 8.49. The zero-order valence-corrected chi connectivity index (χ0v) is 12.3. The van der Waals surface area contributed by atoms with E-state index in [0.717, 1.165) is 16.6 Å². The van der Waals surface area contributed by atoms with Gasteiger partial charge in [0.2, 0.25) is 0 Å². The number of amides is 1. The highest BCUT2D eigenvalue weighted by atomic mass is 79.9. The number of thiophene rings is 1. The van der Waals surface area contributed by atoms with Crippen molar-refractivity contribution in [1.29, 1.82) is 0 Å². The molecule has 1 fully saturated rings. The Morgan fingerprint density at radius 3 is 2.72 bits per heavy atom. The standard InChI is InChI=1S/C12H14BrNO3S/c1-7(12(16)17)5-14(9-2-3-9)11(15)8-4-10(13)18-6-8/h4,6-7,9H,2-3,5H2,1H3,(H,16,17). The van der Waals surface area contributed by atoms with Crippen molar-refractivity contribution in [3.05, 3.63) is 20.8 Å². The second-order valence-corrected chi connectivity index (χ2v) is 6.86. The smallest absolute Gasteiger partial charge is 0.308 e. The van der Waals surface area contributed by atoms with Gasteiger partial charge in [-0.1, -0.05) is 6.92 Å². The maximum atomic E-state index is 12.3. The summed E-state index contributed by atoms with van der Waals surface area (Å²) < 4.78 is 0.910. The molecule has 1 heterocycles. The Hall–Kier alpha value is -0.880. The molecule has 1 N–H and O–H groups in total. The Balaban J connectivity index is 2.10. The van der Waals surface area contributed by atoms with Crippen LogP contribution in [0.2, 0.25) is 0 Å². The van der Waals surface area contributed by atoms with Crippen LogP contribution in [-0.2, 0) is 4.79 Å². The summed E-state index contributed by atoms with van der Waals surface area (Å²) in [5, 5.41) is 10.7. The lowest BCUT2D eigenvalue weighted by Crippen LogP contribution is -2.38. The van der Waals surface area contributed by atoms with Crippen molar-refractivity contribution >= 4 is 39.1 Å². The lowest BCUT2D eigenvalue weighted by atomic mass is 10.1. The van der Waals surface area contributed by atoms with Gasteiger partial charge in [-0.15, -0.1) is 11.3 Å². The Kier molecular flexibility index (Phi) is 4.07. The Labute approximate surface area is 118 Å². The Bertz CT molecular complexity index is 470. The minimum Gasteiger partial charge on any atom is -0.481 e. The first-order valence-corrected chi connectivity index (χ1v) is 7.44. The number of hydrogen-bond donors (Lipinski definition) is 1. The number of halogens is 1. The predicted octanol–water partition coefficient (Wildman–Crippen LogP) is 2.84. The van der Waals surface area contributed by atoms with Crippen molar-refractivity contribution in [3.8, 4) is 0 Å². The monoisotopic (exact) mass is 331 g/mol. The number of nitrogens with zero attached hydrogens (tertiary/aromatic N) is 1. The summed E-state index contributed by atoms with van der Waals surface area (Å²) in [7, 11) is 0. The van der Waals surface area contributed by atoms with Gasteiger partial charge in [-0.2, -0.15) is 0 Å². The molecule has 1 aromatic heterocycles. The van der Waals surface area contributed by atoms with Crippen LogP contribution in [0.3, 0.4) is 0 Å². The zero-order chi connectivity index (χ0) is 13.3. The molecule has 4 nitrogen and oxygen atoms in total. The number of carbonyl (C=O) groups excluding carboxylic acids is 1. The van der Waals surface area contributed by atoms with Gasteiger partial charge in [0, 0.05) is 18.0 Å². The quantitative estimate of drug-likeness (QED) is 0.902. The molecule has 2 rings (SSSR count). The van der Waals surface area contributed by atoms with E-state index in [1.54, 1.807) is 23.3 Å². The van der Waals surface area contributed by atoms with E-state index in [2.05, 4.69) is 15.9 Å². The summed E-state index contributed by atoms with van der Waals surface area (Å²) in [6.07, 6.45) is 1.95. The predicted molar refractivity (Wildman–Crippen MR) is 72.9 cm³/mol. The van der Waals surface area contributed by atoms with Gasteiger partial charge in [-0.3, -0.25) is 9.59 Å². The molecule has 0 aliphatic heterocycles. The Morgan fingerprint density at radius 1 is 1.61 bits per heavy atom. The summed E-state index contributed by atoms with van der Waals surface area (Å²) in [6, 6.07) is 2.01. The average Bonchev–Trinajstić information content (AvgIpc) is 3.07. The largest absolute Gasteiger partial charge is 0.481 e. The number of rotatable bonds is 5. The Morgan fingerprint density at radius 2 is 2.28 bits per heavy atom. The van der Waals surface area contributed by atoms with Gasteiger partial charge in [0.1, 0.15) is 0 Å². The molecule has 0 saturated heterocycles. The maximum Gasteiger partial charge on any atom is 0.308 e. The molecule has 18 heavy (non-hydrogen) atoms. The first kappa shape index (κ1) is 13.5. The molecule has 1 atom stereocenters. The van der Waals surface area contributed by atoms with Gasteiger partial charge in [0.25, 0.3) is 5.91 Å². The van der Waals surface area contributed by atoms with Crippen LogP contribution >= 0.6 is 27.3 Å². The van der Waals surface area contributed by atoms with Crippen molar-refractivity contribution < 1.29 is 14.7 Å². The van der Waals surface area contributed by atoms with Crippen LogP contribution in [0.15, 0.2) is 15.2 Å². The molecular weight excluding hydrogens is 318 g/mol. The van der Waals surface area contributed by atoms with Crippen LogP contribution in [0.4, 0.5) is 0 Å². The SMILES string of the molecule is CC(CN(C(=O)c1csc(Br)c1)C1CC1)C(=O)O. The third-order valence-electron chi connectivity index (χ3n) is 2.96. The first-order valence-electron chi connectivity index (χ1n) is 5.77. The fourth-order valence-corrected chi connectivity index (χ4v) is 2.88. The van der Waals surface area contributed by atoms with E-state index in [9.17, 15) is 9.59 Å². The molecule has 0 bridgehead atoms. The number of carbonyl (C=O) groups is 2. The van der Waals surface area contributed by atoms with E-state index in [4.69, 9.17) is 5.11 Å². The number of aliphatic carboxylic acids is 1. The molecule has 0 aromatic carbocycles. The number of carboxylic acid groups (broad SMARTS) is 1. The molecule has 1 saturated carbocycles. The maximum absolute atomic E-state index is 12.3. The topological polar surface area (TPSA) is 57.6 Å². The molecule has 1 unspecified atom stereocenters. The molecular formula is C12H14BrNO3S. The van der Waals surface area contributed by atoms with Crippen LogP contribution in [0.1, 0.15) is 30.1 Å². The normalized spacial score (nSPS) is 16.3. The fourth-order valence-electron chi connectivity index (χ4n) is 1.75. The molecule has 1 aromatic rings. The van der Waals surface area contributed by atoms with Crippen molar-refractivity contribution in [3.63, 3.8) is 0 Å². The molecule has 1 aliphatic carbocycles. The van der Waals surface area contributed by atoms with Crippen molar-refractivity contribution in [1.82, 2.24) is 4.90 Å². The van der Waals surface area contributed by atoms with E-state index in [-0.39, 0.29) is 18.5 Å². The second kappa shape index (κ2) is 5.40. The molecule has 0 radical (unpaired) electrons. The third-order valence-corrected chi connectivity index (χ3v) is 4.46. The molecule has 98 valence electrons. The van der Waals surface area contributed by atoms with E-state index < -0.39 is 11.9 Å². The highest BCUT2D eigenvalue weighted by molar-refractivity contribution is 9.11. The van der Waals surface area contributed by atoms with Gasteiger partial charge >= 0.3 is 5.97 Å². The van der Waals surface area contributed by atoms with Crippen LogP contribution in [0, 0.1) is 5.92 Å². The van der Waals surface area contributed by atoms with Crippen LogP contribution in [-0.4, -0.2) is 34.5 Å². The lowest BCUT2D eigenvalue weighted by molar-refractivity contribution is -0.141. The van der Waals surface area contributed by atoms with Crippen LogP contribution < -0.4 is 0 Å². The number of hydrogen-bond acceptors (Lipinski definition) is 3.